The second kappa shape index (κ2) is 4.69. The number of hydrogen-bond acceptors (Lipinski definition) is 4. The van der Waals surface area contributed by atoms with Crippen molar-refractivity contribution in [2.45, 2.75) is 6.42 Å². The Morgan fingerprint density at radius 3 is 2.69 bits per heavy atom. The van der Waals surface area contributed by atoms with Crippen LogP contribution in [0.4, 0.5) is 0 Å². The second-order valence-electron chi connectivity index (χ2n) is 2.62. The second-order valence-corrected chi connectivity index (χ2v) is 2.62. The Kier molecular flexibility index (Phi) is 3.54. The summed E-state index contributed by atoms with van der Waals surface area (Å²) in [5.41, 5.74) is 6.46. The van der Waals surface area contributed by atoms with Gasteiger partial charge >= 0.3 is 0 Å². The van der Waals surface area contributed by atoms with E-state index in [-0.39, 0.29) is 0 Å². The Bertz CT molecular complexity index is 276. The fraction of sp³-hybridized carbons (Fsp3) is 0.333. The van der Waals surface area contributed by atoms with Gasteiger partial charge in [0.2, 0.25) is 5.75 Å². The monoisotopic (exact) mass is 183 g/mol. The Labute approximate surface area is 76.8 Å². The summed E-state index contributed by atoms with van der Waals surface area (Å²) in [6.45, 7) is 0.586. The van der Waals surface area contributed by atoms with Crippen molar-refractivity contribution in [3.8, 4) is 11.5 Å². The smallest absolute Gasteiger partial charge is 0.206 e. The standard InChI is InChI=1S/C9H13NO3/c1-12-9-6-7(4-5-10)2-3-8(9)13-11/h2-3,6,11H,4-5,10H2,1H3. The van der Waals surface area contributed by atoms with Crippen molar-refractivity contribution in [3.63, 3.8) is 0 Å². The van der Waals surface area contributed by atoms with Crippen LogP contribution in [0.5, 0.6) is 11.5 Å². The molecular formula is C9H13NO3. The molecule has 4 heteroatoms. The third-order valence-electron chi connectivity index (χ3n) is 1.76. The van der Waals surface area contributed by atoms with Crippen LogP contribution in [-0.2, 0) is 6.42 Å². The summed E-state index contributed by atoms with van der Waals surface area (Å²) in [6.07, 6.45) is 0.780. The molecule has 1 aromatic carbocycles. The zero-order chi connectivity index (χ0) is 9.68. The SMILES string of the molecule is COc1cc(CCN)ccc1OO. The van der Waals surface area contributed by atoms with E-state index in [9.17, 15) is 0 Å². The summed E-state index contributed by atoms with van der Waals surface area (Å²) < 4.78 is 5.00. The van der Waals surface area contributed by atoms with Crippen molar-refractivity contribution in [2.24, 2.45) is 5.73 Å². The van der Waals surface area contributed by atoms with E-state index in [1.54, 1.807) is 12.1 Å². The molecule has 72 valence electrons. The van der Waals surface area contributed by atoms with Gasteiger partial charge in [-0.05, 0) is 30.7 Å². The maximum atomic E-state index is 8.47. The van der Waals surface area contributed by atoms with E-state index in [0.717, 1.165) is 12.0 Å². The van der Waals surface area contributed by atoms with E-state index in [0.29, 0.717) is 18.0 Å². The van der Waals surface area contributed by atoms with Gasteiger partial charge in [-0.25, -0.2) is 5.26 Å². The summed E-state index contributed by atoms with van der Waals surface area (Å²) in [7, 11) is 1.52. The number of benzene rings is 1. The van der Waals surface area contributed by atoms with Crippen LogP contribution in [0.25, 0.3) is 0 Å². The van der Waals surface area contributed by atoms with E-state index < -0.39 is 0 Å². The van der Waals surface area contributed by atoms with Crippen LogP contribution in [0.3, 0.4) is 0 Å². The van der Waals surface area contributed by atoms with Crippen LogP contribution in [0.1, 0.15) is 5.56 Å². The van der Waals surface area contributed by atoms with Crippen molar-refractivity contribution in [1.82, 2.24) is 0 Å². The molecule has 1 aromatic rings. The molecule has 0 aliphatic heterocycles. The molecule has 0 saturated heterocycles. The molecule has 0 saturated carbocycles. The highest BCUT2D eigenvalue weighted by atomic mass is 17.1. The van der Waals surface area contributed by atoms with Crippen molar-refractivity contribution < 1.29 is 14.9 Å². The molecule has 0 aliphatic rings. The summed E-state index contributed by atoms with van der Waals surface area (Å²) in [5, 5.41) is 8.47. The number of methoxy groups -OCH3 is 1. The molecule has 3 N–H and O–H groups in total. The molecule has 0 heterocycles. The minimum absolute atomic E-state index is 0.309. The first kappa shape index (κ1) is 9.83. The minimum Gasteiger partial charge on any atom is -0.493 e. The van der Waals surface area contributed by atoms with Gasteiger partial charge in [0, 0.05) is 0 Å². The zero-order valence-corrected chi connectivity index (χ0v) is 7.49. The normalized spacial score (nSPS) is 9.77. The lowest BCUT2D eigenvalue weighted by molar-refractivity contribution is -0.139. The summed E-state index contributed by atoms with van der Waals surface area (Å²) in [4.78, 5) is 4.11. The molecule has 0 spiro atoms. The van der Waals surface area contributed by atoms with Crippen molar-refractivity contribution in [2.75, 3.05) is 13.7 Å². The summed E-state index contributed by atoms with van der Waals surface area (Å²) in [6, 6.07) is 5.27. The molecule has 0 atom stereocenters. The highest BCUT2D eigenvalue weighted by Crippen LogP contribution is 2.27. The number of rotatable bonds is 4. The molecule has 1 rings (SSSR count). The van der Waals surface area contributed by atoms with Gasteiger partial charge in [-0.3, -0.25) is 0 Å². The van der Waals surface area contributed by atoms with Crippen LogP contribution >= 0.6 is 0 Å². The maximum absolute atomic E-state index is 8.47. The predicted molar refractivity (Wildman–Crippen MR) is 49.0 cm³/mol. The molecular weight excluding hydrogens is 170 g/mol. The fourth-order valence-corrected chi connectivity index (χ4v) is 1.11. The Balaban J connectivity index is 2.91. The quantitative estimate of drug-likeness (QED) is 0.541. The van der Waals surface area contributed by atoms with E-state index >= 15 is 0 Å². The van der Waals surface area contributed by atoms with Crippen molar-refractivity contribution in [1.29, 1.82) is 0 Å². The van der Waals surface area contributed by atoms with Gasteiger partial charge < -0.3 is 15.4 Å². The Morgan fingerprint density at radius 1 is 1.38 bits per heavy atom. The topological polar surface area (TPSA) is 64.7 Å². The van der Waals surface area contributed by atoms with E-state index in [1.807, 2.05) is 6.07 Å². The lowest BCUT2D eigenvalue weighted by Crippen LogP contribution is -2.03. The largest absolute Gasteiger partial charge is 0.493 e. The van der Waals surface area contributed by atoms with Gasteiger partial charge in [-0.2, -0.15) is 0 Å². The number of nitrogens with two attached hydrogens (primary N) is 1. The molecule has 0 unspecified atom stereocenters. The maximum Gasteiger partial charge on any atom is 0.206 e. The highest BCUT2D eigenvalue weighted by molar-refractivity contribution is 5.42. The molecule has 13 heavy (non-hydrogen) atoms. The van der Waals surface area contributed by atoms with Crippen LogP contribution < -0.4 is 15.4 Å². The molecule has 0 fully saturated rings. The van der Waals surface area contributed by atoms with Crippen LogP contribution in [-0.4, -0.2) is 18.9 Å². The van der Waals surface area contributed by atoms with Gasteiger partial charge in [0.1, 0.15) is 0 Å². The highest BCUT2D eigenvalue weighted by Gasteiger charge is 2.04. The van der Waals surface area contributed by atoms with Crippen LogP contribution in [0, 0.1) is 0 Å². The fourth-order valence-electron chi connectivity index (χ4n) is 1.11. The van der Waals surface area contributed by atoms with Gasteiger partial charge in [-0.15, -0.1) is 0 Å². The van der Waals surface area contributed by atoms with E-state index in [4.69, 9.17) is 15.7 Å². The molecule has 0 aliphatic carbocycles. The van der Waals surface area contributed by atoms with Crippen molar-refractivity contribution >= 4 is 0 Å². The lowest BCUT2D eigenvalue weighted by Gasteiger charge is -2.06. The minimum atomic E-state index is 0.309. The molecule has 0 amide bonds. The van der Waals surface area contributed by atoms with E-state index in [1.165, 1.54) is 7.11 Å². The third-order valence-corrected chi connectivity index (χ3v) is 1.76. The van der Waals surface area contributed by atoms with Crippen molar-refractivity contribution in [3.05, 3.63) is 23.8 Å². The third kappa shape index (κ3) is 2.34. The zero-order valence-electron chi connectivity index (χ0n) is 7.49. The molecule has 0 bridgehead atoms. The molecule has 4 nitrogen and oxygen atoms in total. The Hall–Kier alpha value is -1.26. The molecule has 0 aromatic heterocycles. The van der Waals surface area contributed by atoms with E-state index in [2.05, 4.69) is 4.89 Å². The average Bonchev–Trinajstić information content (AvgIpc) is 2.18. The number of ether oxygens (including phenoxy) is 1. The van der Waals surface area contributed by atoms with Gasteiger partial charge in [0.15, 0.2) is 5.75 Å². The first-order chi connectivity index (χ1) is 6.31. The Morgan fingerprint density at radius 2 is 2.15 bits per heavy atom. The van der Waals surface area contributed by atoms with Gasteiger partial charge in [0.25, 0.3) is 0 Å². The predicted octanol–water partition coefficient (Wildman–Crippen LogP) is 1.05. The molecule has 0 radical (unpaired) electrons. The van der Waals surface area contributed by atoms with Crippen LogP contribution in [0.15, 0.2) is 18.2 Å². The lowest BCUT2D eigenvalue weighted by atomic mass is 10.1. The summed E-state index contributed by atoms with van der Waals surface area (Å²) in [5.74, 6) is 0.816. The summed E-state index contributed by atoms with van der Waals surface area (Å²) >= 11 is 0. The number of hydrogen-bond donors (Lipinski definition) is 2. The first-order valence-corrected chi connectivity index (χ1v) is 4.00. The van der Waals surface area contributed by atoms with Crippen LogP contribution in [0.2, 0.25) is 0 Å². The van der Waals surface area contributed by atoms with Gasteiger partial charge in [-0.1, -0.05) is 6.07 Å². The first-order valence-electron chi connectivity index (χ1n) is 4.00. The van der Waals surface area contributed by atoms with Gasteiger partial charge in [0.05, 0.1) is 7.11 Å². The average molecular weight is 183 g/mol.